The van der Waals surface area contributed by atoms with E-state index in [4.69, 9.17) is 0 Å². The van der Waals surface area contributed by atoms with E-state index in [-0.39, 0.29) is 11.9 Å². The lowest BCUT2D eigenvalue weighted by molar-refractivity contribution is -0.133. The zero-order valence-corrected chi connectivity index (χ0v) is 14.1. The van der Waals surface area contributed by atoms with E-state index in [2.05, 4.69) is 10.2 Å². The fourth-order valence-electron chi connectivity index (χ4n) is 2.60. The van der Waals surface area contributed by atoms with Crippen LogP contribution in [0.1, 0.15) is 24.1 Å². The van der Waals surface area contributed by atoms with E-state index < -0.39 is 0 Å². The minimum Gasteiger partial charge on any atom is -0.340 e. The molecule has 0 spiro atoms. The van der Waals surface area contributed by atoms with Crippen LogP contribution in [0.4, 0.5) is 0 Å². The first-order chi connectivity index (χ1) is 11.5. The van der Waals surface area contributed by atoms with Crippen molar-refractivity contribution in [1.82, 2.24) is 24.5 Å². The summed E-state index contributed by atoms with van der Waals surface area (Å²) in [7, 11) is 1.82. The molecule has 6 nitrogen and oxygen atoms in total. The molecular weight excluding hydrogens is 302 g/mol. The SMILES string of the molecule is Cc1cnn(C(C)C(=O)N(C)Cc2ccc(-n3cccn3)cc2)c1. The Hall–Kier alpha value is -2.89. The Morgan fingerprint density at radius 3 is 2.58 bits per heavy atom. The first-order valence-corrected chi connectivity index (χ1v) is 7.89. The highest BCUT2D eigenvalue weighted by molar-refractivity contribution is 5.79. The minimum atomic E-state index is -0.313. The third kappa shape index (κ3) is 3.37. The predicted octanol–water partition coefficient (Wildman–Crippen LogP) is 2.60. The van der Waals surface area contributed by atoms with Crippen LogP contribution in [0.3, 0.4) is 0 Å². The van der Waals surface area contributed by atoms with Crippen molar-refractivity contribution in [3.05, 3.63) is 66.2 Å². The number of likely N-dealkylation sites (N-methyl/N-ethyl adjacent to an activating group) is 1. The molecule has 0 aliphatic heterocycles. The minimum absolute atomic E-state index is 0.0363. The van der Waals surface area contributed by atoms with Gasteiger partial charge in [-0.25, -0.2) is 4.68 Å². The van der Waals surface area contributed by atoms with Gasteiger partial charge in [-0.2, -0.15) is 10.2 Å². The van der Waals surface area contributed by atoms with Gasteiger partial charge in [0, 0.05) is 32.2 Å². The highest BCUT2D eigenvalue weighted by Crippen LogP contribution is 2.14. The Morgan fingerprint density at radius 2 is 2.00 bits per heavy atom. The summed E-state index contributed by atoms with van der Waals surface area (Å²) in [4.78, 5) is 14.3. The Kier molecular flexibility index (Phi) is 4.46. The van der Waals surface area contributed by atoms with Gasteiger partial charge in [-0.15, -0.1) is 0 Å². The summed E-state index contributed by atoms with van der Waals surface area (Å²) in [6, 6.07) is 9.61. The van der Waals surface area contributed by atoms with Crippen LogP contribution >= 0.6 is 0 Å². The third-order valence-corrected chi connectivity index (χ3v) is 3.99. The predicted molar refractivity (Wildman–Crippen MR) is 91.7 cm³/mol. The van der Waals surface area contributed by atoms with Crippen LogP contribution in [0.2, 0.25) is 0 Å². The molecule has 1 amide bonds. The fraction of sp³-hybridized carbons (Fsp3) is 0.278. The summed E-state index contributed by atoms with van der Waals surface area (Å²) < 4.78 is 3.51. The van der Waals surface area contributed by atoms with E-state index in [0.717, 1.165) is 16.8 Å². The molecule has 3 rings (SSSR count). The number of aromatic nitrogens is 4. The van der Waals surface area contributed by atoms with E-state index in [1.807, 2.05) is 63.6 Å². The van der Waals surface area contributed by atoms with E-state index >= 15 is 0 Å². The molecule has 0 saturated heterocycles. The van der Waals surface area contributed by atoms with Crippen LogP contribution < -0.4 is 0 Å². The van der Waals surface area contributed by atoms with E-state index in [0.29, 0.717) is 6.54 Å². The highest BCUT2D eigenvalue weighted by Gasteiger charge is 2.19. The molecule has 0 bridgehead atoms. The molecule has 0 N–H and O–H groups in total. The number of nitrogens with zero attached hydrogens (tertiary/aromatic N) is 5. The van der Waals surface area contributed by atoms with E-state index in [1.165, 1.54) is 0 Å². The maximum atomic E-state index is 12.6. The zero-order chi connectivity index (χ0) is 17.1. The van der Waals surface area contributed by atoms with Crippen molar-refractivity contribution in [3.8, 4) is 5.69 Å². The number of hydrogen-bond acceptors (Lipinski definition) is 3. The van der Waals surface area contributed by atoms with Gasteiger partial charge in [-0.1, -0.05) is 12.1 Å². The molecular formula is C18H21N5O. The van der Waals surface area contributed by atoms with Crippen LogP contribution in [0.5, 0.6) is 0 Å². The molecule has 24 heavy (non-hydrogen) atoms. The van der Waals surface area contributed by atoms with Crippen molar-refractivity contribution < 1.29 is 4.79 Å². The molecule has 1 aromatic carbocycles. The van der Waals surface area contributed by atoms with Crippen LogP contribution in [0.25, 0.3) is 5.69 Å². The summed E-state index contributed by atoms with van der Waals surface area (Å²) in [6.07, 6.45) is 7.30. The average molecular weight is 323 g/mol. The summed E-state index contributed by atoms with van der Waals surface area (Å²) in [5, 5.41) is 8.43. The number of rotatable bonds is 5. The summed E-state index contributed by atoms with van der Waals surface area (Å²) in [6.45, 7) is 4.39. The van der Waals surface area contributed by atoms with Crippen molar-refractivity contribution in [3.63, 3.8) is 0 Å². The van der Waals surface area contributed by atoms with Crippen molar-refractivity contribution >= 4 is 5.91 Å². The van der Waals surface area contributed by atoms with Crippen molar-refractivity contribution in [2.24, 2.45) is 0 Å². The molecule has 1 atom stereocenters. The van der Waals surface area contributed by atoms with Crippen molar-refractivity contribution in [2.75, 3.05) is 7.05 Å². The standard InChI is InChI=1S/C18H21N5O/c1-14-11-20-23(12-14)15(2)18(24)21(3)13-16-5-7-17(8-6-16)22-10-4-9-19-22/h4-12,15H,13H2,1-3H3. The van der Waals surface area contributed by atoms with Gasteiger partial charge in [0.25, 0.3) is 0 Å². The van der Waals surface area contributed by atoms with Crippen LogP contribution in [0, 0.1) is 6.92 Å². The molecule has 2 heterocycles. The lowest BCUT2D eigenvalue weighted by atomic mass is 10.2. The molecule has 1 unspecified atom stereocenters. The second kappa shape index (κ2) is 6.70. The maximum absolute atomic E-state index is 12.6. The molecule has 6 heteroatoms. The number of amides is 1. The average Bonchev–Trinajstić information content (AvgIpc) is 3.26. The second-order valence-corrected chi connectivity index (χ2v) is 5.99. The lowest BCUT2D eigenvalue weighted by Crippen LogP contribution is -2.33. The monoisotopic (exact) mass is 323 g/mol. The Balaban J connectivity index is 1.65. The number of carbonyl (C=O) groups excluding carboxylic acids is 1. The van der Waals surface area contributed by atoms with Gasteiger partial charge >= 0.3 is 0 Å². The molecule has 0 radical (unpaired) electrons. The van der Waals surface area contributed by atoms with Crippen molar-refractivity contribution in [2.45, 2.75) is 26.4 Å². The van der Waals surface area contributed by atoms with E-state index in [1.54, 1.807) is 26.7 Å². The third-order valence-electron chi connectivity index (χ3n) is 3.99. The van der Waals surface area contributed by atoms with Gasteiger partial charge in [-0.05, 0) is 43.2 Å². The Labute approximate surface area is 141 Å². The lowest BCUT2D eigenvalue weighted by Gasteiger charge is -2.22. The molecule has 124 valence electrons. The van der Waals surface area contributed by atoms with E-state index in [9.17, 15) is 4.79 Å². The molecule has 0 aliphatic rings. The summed E-state index contributed by atoms with van der Waals surface area (Å²) in [5.41, 5.74) is 3.12. The number of carbonyl (C=O) groups is 1. The molecule has 0 saturated carbocycles. The smallest absolute Gasteiger partial charge is 0.247 e. The summed E-state index contributed by atoms with van der Waals surface area (Å²) >= 11 is 0. The Bertz CT molecular complexity index is 804. The zero-order valence-electron chi connectivity index (χ0n) is 14.1. The van der Waals surface area contributed by atoms with Crippen molar-refractivity contribution in [1.29, 1.82) is 0 Å². The topological polar surface area (TPSA) is 56.0 Å². The largest absolute Gasteiger partial charge is 0.340 e. The number of benzene rings is 1. The molecule has 0 fully saturated rings. The molecule has 0 aliphatic carbocycles. The van der Waals surface area contributed by atoms with Gasteiger partial charge in [0.15, 0.2) is 0 Å². The van der Waals surface area contributed by atoms with Gasteiger partial charge in [0.1, 0.15) is 6.04 Å². The van der Waals surface area contributed by atoms with Gasteiger partial charge in [-0.3, -0.25) is 9.48 Å². The second-order valence-electron chi connectivity index (χ2n) is 5.99. The first-order valence-electron chi connectivity index (χ1n) is 7.89. The quantitative estimate of drug-likeness (QED) is 0.725. The normalized spacial score (nSPS) is 12.1. The van der Waals surface area contributed by atoms with Crippen LogP contribution in [-0.4, -0.2) is 37.4 Å². The van der Waals surface area contributed by atoms with Gasteiger partial charge in [0.05, 0.1) is 11.9 Å². The van der Waals surface area contributed by atoms with Crippen LogP contribution in [-0.2, 0) is 11.3 Å². The Morgan fingerprint density at radius 1 is 1.25 bits per heavy atom. The summed E-state index contributed by atoms with van der Waals surface area (Å²) in [5.74, 6) is 0.0363. The first kappa shape index (κ1) is 16.0. The maximum Gasteiger partial charge on any atom is 0.247 e. The number of hydrogen-bond donors (Lipinski definition) is 0. The molecule has 3 aromatic rings. The van der Waals surface area contributed by atoms with Gasteiger partial charge < -0.3 is 4.90 Å². The molecule has 2 aromatic heterocycles. The van der Waals surface area contributed by atoms with Gasteiger partial charge in [0.2, 0.25) is 5.91 Å². The number of aryl methyl sites for hydroxylation is 1. The fourth-order valence-corrected chi connectivity index (χ4v) is 2.60. The van der Waals surface area contributed by atoms with Crippen LogP contribution in [0.15, 0.2) is 55.1 Å². The highest BCUT2D eigenvalue weighted by atomic mass is 16.2.